The highest BCUT2D eigenvalue weighted by molar-refractivity contribution is 9.10. The minimum atomic E-state index is -0.204. The quantitative estimate of drug-likeness (QED) is 0.683. The van der Waals surface area contributed by atoms with E-state index in [2.05, 4.69) is 20.7 Å². The molecular weight excluding hydrogens is 278 g/mol. The molecule has 1 aromatic rings. The third-order valence-electron chi connectivity index (χ3n) is 1.78. The highest BCUT2D eigenvalue weighted by Crippen LogP contribution is 2.22. The largest absolute Gasteiger partial charge is 0.468 e. The number of rotatable bonds is 4. The number of thioether (sulfide) groups is 1. The Hall–Kier alpha value is -0.680. The van der Waals surface area contributed by atoms with E-state index < -0.39 is 0 Å². The van der Waals surface area contributed by atoms with Crippen molar-refractivity contribution in [2.75, 3.05) is 18.6 Å². The van der Waals surface area contributed by atoms with Gasteiger partial charge in [0.05, 0.1) is 12.9 Å². The van der Waals surface area contributed by atoms with Crippen LogP contribution in [0.2, 0.25) is 0 Å². The van der Waals surface area contributed by atoms with Crippen molar-refractivity contribution in [1.29, 1.82) is 0 Å². The lowest BCUT2D eigenvalue weighted by molar-refractivity contribution is -0.137. The number of ether oxygens (including phenoxy) is 1. The van der Waals surface area contributed by atoms with Gasteiger partial charge in [0.25, 0.3) is 0 Å². The summed E-state index contributed by atoms with van der Waals surface area (Å²) in [6.07, 6.45) is 0. The lowest BCUT2D eigenvalue weighted by Crippen LogP contribution is -2.03. The van der Waals surface area contributed by atoms with Crippen molar-refractivity contribution in [3.8, 4) is 0 Å². The molecule has 0 aliphatic heterocycles. The average Bonchev–Trinajstić information content (AvgIpc) is 2.23. The Morgan fingerprint density at radius 2 is 2.33 bits per heavy atom. The molecule has 0 unspecified atom stereocenters. The summed E-state index contributed by atoms with van der Waals surface area (Å²) in [5.41, 5.74) is 7.55. The Morgan fingerprint density at radius 3 is 2.93 bits per heavy atom. The SMILES string of the molecule is COC(=O)CSCc1ccc(Br)c(N)c1. The molecule has 0 heterocycles. The molecule has 5 heteroatoms. The summed E-state index contributed by atoms with van der Waals surface area (Å²) < 4.78 is 5.43. The molecule has 0 saturated heterocycles. The van der Waals surface area contributed by atoms with Crippen LogP contribution in [-0.2, 0) is 15.3 Å². The number of esters is 1. The van der Waals surface area contributed by atoms with Crippen molar-refractivity contribution in [3.05, 3.63) is 28.2 Å². The molecular formula is C10H12BrNO2S. The monoisotopic (exact) mass is 289 g/mol. The van der Waals surface area contributed by atoms with Crippen molar-refractivity contribution < 1.29 is 9.53 Å². The van der Waals surface area contributed by atoms with Crippen LogP contribution in [0.25, 0.3) is 0 Å². The first-order valence-corrected chi connectivity index (χ1v) is 6.26. The maximum atomic E-state index is 10.8. The summed E-state index contributed by atoms with van der Waals surface area (Å²) in [6.45, 7) is 0. The number of hydrogen-bond acceptors (Lipinski definition) is 4. The van der Waals surface area contributed by atoms with Crippen LogP contribution in [-0.4, -0.2) is 18.8 Å². The number of benzene rings is 1. The zero-order valence-corrected chi connectivity index (χ0v) is 10.7. The van der Waals surface area contributed by atoms with E-state index in [9.17, 15) is 4.79 Å². The second kappa shape index (κ2) is 6.02. The molecule has 0 amide bonds. The van der Waals surface area contributed by atoms with Crippen LogP contribution in [0.5, 0.6) is 0 Å². The van der Waals surface area contributed by atoms with Gasteiger partial charge in [0.15, 0.2) is 0 Å². The van der Waals surface area contributed by atoms with Gasteiger partial charge in [-0.1, -0.05) is 6.07 Å². The van der Waals surface area contributed by atoms with Crippen molar-refractivity contribution in [1.82, 2.24) is 0 Å². The summed E-state index contributed by atoms with van der Waals surface area (Å²) in [7, 11) is 1.39. The minimum Gasteiger partial charge on any atom is -0.468 e. The molecule has 1 aromatic carbocycles. The van der Waals surface area contributed by atoms with Crippen LogP contribution in [0.1, 0.15) is 5.56 Å². The number of nitrogen functional groups attached to an aromatic ring is 1. The molecule has 0 aliphatic rings. The first kappa shape index (κ1) is 12.4. The third-order valence-corrected chi connectivity index (χ3v) is 3.48. The lowest BCUT2D eigenvalue weighted by Gasteiger charge is -2.03. The second-order valence-corrected chi connectivity index (χ2v) is 4.76. The summed E-state index contributed by atoms with van der Waals surface area (Å²) in [6, 6.07) is 5.78. The van der Waals surface area contributed by atoms with Gasteiger partial charge in [-0.15, -0.1) is 11.8 Å². The van der Waals surface area contributed by atoms with Gasteiger partial charge in [-0.3, -0.25) is 4.79 Å². The minimum absolute atomic E-state index is 0.204. The molecule has 0 saturated carbocycles. The summed E-state index contributed by atoms with van der Waals surface area (Å²) in [5, 5.41) is 0. The van der Waals surface area contributed by atoms with E-state index >= 15 is 0 Å². The maximum absolute atomic E-state index is 10.8. The van der Waals surface area contributed by atoms with Crippen LogP contribution in [0.4, 0.5) is 5.69 Å². The van der Waals surface area contributed by atoms with E-state index in [1.165, 1.54) is 18.9 Å². The molecule has 0 spiro atoms. The fourth-order valence-electron chi connectivity index (χ4n) is 0.994. The van der Waals surface area contributed by atoms with Gasteiger partial charge < -0.3 is 10.5 Å². The van der Waals surface area contributed by atoms with Gasteiger partial charge in [-0.2, -0.15) is 0 Å². The van der Waals surface area contributed by atoms with E-state index in [1.807, 2.05) is 18.2 Å². The van der Waals surface area contributed by atoms with Crippen molar-refractivity contribution >= 4 is 39.3 Å². The zero-order chi connectivity index (χ0) is 11.3. The predicted octanol–water partition coefficient (Wildman–Crippen LogP) is 2.44. The predicted molar refractivity (Wildman–Crippen MR) is 66.7 cm³/mol. The Morgan fingerprint density at radius 1 is 1.60 bits per heavy atom. The summed E-state index contributed by atoms with van der Waals surface area (Å²) in [5.74, 6) is 0.920. The Labute approximate surface area is 101 Å². The molecule has 82 valence electrons. The Bertz CT molecular complexity index is 357. The fourth-order valence-corrected chi connectivity index (χ4v) is 2.04. The summed E-state index contributed by atoms with van der Waals surface area (Å²) >= 11 is 4.83. The highest BCUT2D eigenvalue weighted by Gasteiger charge is 2.02. The number of anilines is 1. The number of hydrogen-bond donors (Lipinski definition) is 1. The van der Waals surface area contributed by atoms with Crippen LogP contribution in [0.15, 0.2) is 22.7 Å². The molecule has 0 atom stereocenters. The van der Waals surface area contributed by atoms with Crippen LogP contribution in [0.3, 0.4) is 0 Å². The number of methoxy groups -OCH3 is 1. The molecule has 0 aliphatic carbocycles. The Balaban J connectivity index is 2.44. The van der Waals surface area contributed by atoms with Gasteiger partial charge in [-0.25, -0.2) is 0 Å². The molecule has 0 fully saturated rings. The van der Waals surface area contributed by atoms with Gasteiger partial charge in [0.1, 0.15) is 0 Å². The molecule has 0 aromatic heterocycles. The standard InChI is InChI=1S/C10H12BrNO2S/c1-14-10(13)6-15-5-7-2-3-8(11)9(12)4-7/h2-4H,5-6,12H2,1H3. The van der Waals surface area contributed by atoms with E-state index in [1.54, 1.807) is 0 Å². The van der Waals surface area contributed by atoms with E-state index in [0.717, 1.165) is 15.8 Å². The number of carbonyl (C=O) groups is 1. The van der Waals surface area contributed by atoms with Crippen molar-refractivity contribution in [2.45, 2.75) is 5.75 Å². The number of carbonyl (C=O) groups excluding carboxylic acids is 1. The van der Waals surface area contributed by atoms with Crippen LogP contribution >= 0.6 is 27.7 Å². The normalized spacial score (nSPS) is 10.0. The van der Waals surface area contributed by atoms with E-state index in [-0.39, 0.29) is 5.97 Å². The number of halogens is 1. The van der Waals surface area contributed by atoms with Crippen LogP contribution in [0, 0.1) is 0 Å². The van der Waals surface area contributed by atoms with Crippen molar-refractivity contribution in [2.24, 2.45) is 0 Å². The van der Waals surface area contributed by atoms with Crippen molar-refractivity contribution in [3.63, 3.8) is 0 Å². The van der Waals surface area contributed by atoms with Crippen LogP contribution < -0.4 is 5.73 Å². The van der Waals surface area contributed by atoms with Gasteiger partial charge in [0.2, 0.25) is 0 Å². The summed E-state index contributed by atoms with van der Waals surface area (Å²) in [4.78, 5) is 10.8. The molecule has 3 nitrogen and oxygen atoms in total. The Kier molecular flexibility index (Phi) is 4.98. The third kappa shape index (κ3) is 4.13. The van der Waals surface area contributed by atoms with Gasteiger partial charge in [0, 0.05) is 15.9 Å². The molecule has 15 heavy (non-hydrogen) atoms. The first-order chi connectivity index (χ1) is 7.13. The lowest BCUT2D eigenvalue weighted by atomic mass is 10.2. The van der Waals surface area contributed by atoms with E-state index in [4.69, 9.17) is 5.73 Å². The molecule has 0 bridgehead atoms. The molecule has 2 N–H and O–H groups in total. The average molecular weight is 290 g/mol. The molecule has 1 rings (SSSR count). The smallest absolute Gasteiger partial charge is 0.315 e. The number of nitrogens with two attached hydrogens (primary N) is 1. The fraction of sp³-hybridized carbons (Fsp3) is 0.300. The zero-order valence-electron chi connectivity index (χ0n) is 8.33. The van der Waals surface area contributed by atoms with Gasteiger partial charge >= 0.3 is 5.97 Å². The first-order valence-electron chi connectivity index (χ1n) is 4.32. The molecule has 0 radical (unpaired) electrons. The van der Waals surface area contributed by atoms with E-state index in [0.29, 0.717) is 11.4 Å². The topological polar surface area (TPSA) is 52.3 Å². The van der Waals surface area contributed by atoms with Gasteiger partial charge in [-0.05, 0) is 33.6 Å². The second-order valence-electron chi connectivity index (χ2n) is 2.92. The highest BCUT2D eigenvalue weighted by atomic mass is 79.9. The maximum Gasteiger partial charge on any atom is 0.315 e.